The first-order valence-corrected chi connectivity index (χ1v) is 12.3. The van der Waals surface area contributed by atoms with Crippen molar-refractivity contribution in [3.8, 4) is 0 Å². The van der Waals surface area contributed by atoms with E-state index in [1.807, 2.05) is 61.9 Å². The molecule has 1 aliphatic carbocycles. The first-order valence-electron chi connectivity index (χ1n) is 11.9. The fourth-order valence-corrected chi connectivity index (χ4v) is 4.14. The maximum Gasteiger partial charge on any atom is 0.408 e. The zero-order valence-corrected chi connectivity index (χ0v) is 21.3. The molecule has 188 valence electrons. The van der Waals surface area contributed by atoms with Crippen molar-refractivity contribution in [2.24, 2.45) is 0 Å². The summed E-state index contributed by atoms with van der Waals surface area (Å²) in [5.41, 5.74) is 2.02. The quantitative estimate of drug-likeness (QED) is 0.352. The Hall–Kier alpha value is -2.61. The number of rotatable bonds is 10. The van der Waals surface area contributed by atoms with Crippen molar-refractivity contribution in [3.05, 3.63) is 70.6 Å². The van der Waals surface area contributed by atoms with E-state index in [0.717, 1.165) is 34.9 Å². The summed E-state index contributed by atoms with van der Waals surface area (Å²) in [7, 11) is 0. The lowest BCUT2D eigenvalue weighted by Gasteiger charge is -2.23. The van der Waals surface area contributed by atoms with Crippen molar-refractivity contribution in [2.75, 3.05) is 19.8 Å². The molecule has 6 nitrogen and oxygen atoms in total. The summed E-state index contributed by atoms with van der Waals surface area (Å²) >= 11 is 5.98. The molecule has 0 atom stereocenters. The number of carbonyl (C=O) groups excluding carboxylic acids is 1. The highest BCUT2D eigenvalue weighted by Gasteiger charge is 2.45. The van der Waals surface area contributed by atoms with Gasteiger partial charge in [-0.3, -0.25) is 0 Å². The Bertz CT molecular complexity index is 1170. The summed E-state index contributed by atoms with van der Waals surface area (Å²) in [5, 5.41) is 7.99. The molecule has 4 rings (SSSR count). The number of carbonyl (C=O) groups is 1. The molecule has 2 N–H and O–H groups in total. The second-order valence-electron chi connectivity index (χ2n) is 10.2. The number of benzene rings is 2. The van der Waals surface area contributed by atoms with E-state index >= 15 is 0 Å². The van der Waals surface area contributed by atoms with Gasteiger partial charge in [0, 0.05) is 36.2 Å². The smallest absolute Gasteiger partial charge is 0.408 e. The van der Waals surface area contributed by atoms with Crippen LogP contribution in [0.25, 0.3) is 10.9 Å². The lowest BCUT2D eigenvalue weighted by molar-refractivity contribution is 0.0423. The minimum Gasteiger partial charge on any atom is -0.444 e. The van der Waals surface area contributed by atoms with Crippen molar-refractivity contribution in [1.82, 2.24) is 15.2 Å². The van der Waals surface area contributed by atoms with E-state index in [2.05, 4.69) is 10.6 Å². The van der Waals surface area contributed by atoms with Gasteiger partial charge in [-0.05, 0) is 75.1 Å². The number of aromatic nitrogens is 1. The third-order valence-electron chi connectivity index (χ3n) is 5.94. The van der Waals surface area contributed by atoms with Gasteiger partial charge in [-0.15, -0.1) is 0 Å². The van der Waals surface area contributed by atoms with Crippen LogP contribution in [0.1, 0.15) is 44.7 Å². The van der Waals surface area contributed by atoms with Gasteiger partial charge in [0.1, 0.15) is 11.4 Å². The van der Waals surface area contributed by atoms with Gasteiger partial charge in [-0.1, -0.05) is 23.7 Å². The number of alkyl carbamates (subject to hydrolysis) is 1. The van der Waals surface area contributed by atoms with Gasteiger partial charge in [-0.2, -0.15) is 0 Å². The average Bonchev–Trinajstić information content (AvgIpc) is 3.41. The Balaban J connectivity index is 1.25. The zero-order chi connectivity index (χ0) is 25.1. The molecule has 0 unspecified atom stereocenters. The summed E-state index contributed by atoms with van der Waals surface area (Å²) in [4.78, 5) is 12.0. The van der Waals surface area contributed by atoms with Crippen molar-refractivity contribution in [2.45, 2.75) is 57.8 Å². The normalized spacial score (nSPS) is 14.8. The Labute approximate surface area is 210 Å². The molecule has 2 aromatic carbocycles. The summed E-state index contributed by atoms with van der Waals surface area (Å²) in [5.74, 6) is -0.259. The number of amides is 1. The van der Waals surface area contributed by atoms with E-state index in [4.69, 9.17) is 21.1 Å². The van der Waals surface area contributed by atoms with Gasteiger partial charge in [-0.25, -0.2) is 9.18 Å². The van der Waals surface area contributed by atoms with Gasteiger partial charge in [0.25, 0.3) is 0 Å². The molecular formula is C27H33ClFN3O3. The number of ether oxygens (including phenoxy) is 2. The van der Waals surface area contributed by atoms with E-state index in [9.17, 15) is 9.18 Å². The summed E-state index contributed by atoms with van der Waals surface area (Å²) in [6.45, 7) is 8.26. The second kappa shape index (κ2) is 10.6. The van der Waals surface area contributed by atoms with E-state index in [0.29, 0.717) is 37.9 Å². The summed E-state index contributed by atoms with van der Waals surface area (Å²) < 4.78 is 27.6. The summed E-state index contributed by atoms with van der Waals surface area (Å²) in [6, 6.07) is 12.8. The van der Waals surface area contributed by atoms with Crippen molar-refractivity contribution in [1.29, 1.82) is 0 Å². The Morgan fingerprint density at radius 2 is 1.91 bits per heavy atom. The number of halogens is 2. The van der Waals surface area contributed by atoms with Crippen molar-refractivity contribution >= 4 is 28.6 Å². The van der Waals surface area contributed by atoms with Gasteiger partial charge >= 0.3 is 6.09 Å². The highest BCUT2D eigenvalue weighted by Crippen LogP contribution is 2.35. The maximum atomic E-state index is 14.4. The first-order chi connectivity index (χ1) is 16.6. The lowest BCUT2D eigenvalue weighted by atomic mass is 10.1. The molecule has 1 aliphatic rings. The Morgan fingerprint density at radius 3 is 2.60 bits per heavy atom. The number of nitrogens with zero attached hydrogens (tertiary/aromatic N) is 1. The van der Waals surface area contributed by atoms with Crippen LogP contribution in [0, 0.1) is 5.82 Å². The number of hydrogen-bond acceptors (Lipinski definition) is 4. The molecule has 35 heavy (non-hydrogen) atoms. The largest absolute Gasteiger partial charge is 0.444 e. The molecule has 0 radical (unpaired) electrons. The number of fused-ring (bicyclic) bond motifs is 1. The minimum atomic E-state index is -0.524. The van der Waals surface area contributed by atoms with E-state index < -0.39 is 11.7 Å². The van der Waals surface area contributed by atoms with Crippen molar-refractivity contribution in [3.63, 3.8) is 0 Å². The van der Waals surface area contributed by atoms with E-state index in [-0.39, 0.29) is 11.4 Å². The van der Waals surface area contributed by atoms with Crippen LogP contribution in [0.2, 0.25) is 5.02 Å². The molecule has 0 bridgehead atoms. The molecule has 0 saturated heterocycles. The van der Waals surface area contributed by atoms with Crippen LogP contribution in [0.3, 0.4) is 0 Å². The molecule has 0 spiro atoms. The predicted molar refractivity (Wildman–Crippen MR) is 136 cm³/mol. The van der Waals surface area contributed by atoms with Crippen LogP contribution < -0.4 is 10.6 Å². The monoisotopic (exact) mass is 501 g/mol. The molecule has 8 heteroatoms. The first kappa shape index (κ1) is 25.5. The van der Waals surface area contributed by atoms with Crippen LogP contribution in [0.4, 0.5) is 9.18 Å². The lowest BCUT2D eigenvalue weighted by Crippen LogP contribution is -2.43. The highest BCUT2D eigenvalue weighted by atomic mass is 35.5. The topological polar surface area (TPSA) is 64.5 Å². The molecular weight excluding hydrogens is 469 g/mol. The molecule has 1 aromatic heterocycles. The Kier molecular flexibility index (Phi) is 7.69. The highest BCUT2D eigenvalue weighted by molar-refractivity contribution is 6.30. The minimum absolute atomic E-state index is 0.259. The van der Waals surface area contributed by atoms with Gasteiger partial charge in [0.2, 0.25) is 0 Å². The van der Waals surface area contributed by atoms with Gasteiger partial charge in [0.15, 0.2) is 0 Å². The third-order valence-corrected chi connectivity index (χ3v) is 6.19. The van der Waals surface area contributed by atoms with Crippen LogP contribution in [0.5, 0.6) is 0 Å². The van der Waals surface area contributed by atoms with E-state index in [1.165, 1.54) is 0 Å². The fourth-order valence-electron chi connectivity index (χ4n) is 4.02. The van der Waals surface area contributed by atoms with Crippen molar-refractivity contribution < 1.29 is 18.7 Å². The molecule has 3 aromatic rings. The molecule has 1 amide bonds. The van der Waals surface area contributed by atoms with E-state index in [1.54, 1.807) is 12.1 Å². The fraction of sp³-hybridized carbons (Fsp3) is 0.444. The number of hydrogen-bond donors (Lipinski definition) is 2. The Morgan fingerprint density at radius 1 is 1.17 bits per heavy atom. The molecule has 1 saturated carbocycles. The van der Waals surface area contributed by atoms with Gasteiger partial charge < -0.3 is 24.7 Å². The number of nitrogens with one attached hydrogen (secondary N) is 2. The maximum absolute atomic E-state index is 14.4. The zero-order valence-electron chi connectivity index (χ0n) is 20.5. The molecule has 0 aliphatic heterocycles. The standard InChI is InChI=1S/C27H33ClFN3O3/c1-26(2,3)35-25(33)31-27(9-10-27)18-34-13-11-30-16-20-14-22(29)15-24-23(20)8-12-32(24)17-19-4-6-21(28)7-5-19/h4-8,12,14-15,30H,9-11,13,16-18H2,1-3H3,(H,31,33). The SMILES string of the molecule is CC(C)(C)OC(=O)NC1(COCCNCc2cc(F)cc3c2ccn3Cc2ccc(Cl)cc2)CC1. The molecule has 1 fully saturated rings. The van der Waals surface area contributed by atoms with Gasteiger partial charge in [0.05, 0.1) is 24.3 Å². The van der Waals surface area contributed by atoms with Crippen LogP contribution in [0.15, 0.2) is 48.7 Å². The average molecular weight is 502 g/mol. The van der Waals surface area contributed by atoms with Crippen LogP contribution in [-0.4, -0.2) is 41.6 Å². The summed E-state index contributed by atoms with van der Waals surface area (Å²) in [6.07, 6.45) is 3.34. The van der Waals surface area contributed by atoms with Crippen LogP contribution >= 0.6 is 11.6 Å². The van der Waals surface area contributed by atoms with Crippen LogP contribution in [-0.2, 0) is 22.6 Å². The molecule has 1 heterocycles. The second-order valence-corrected chi connectivity index (χ2v) is 10.6. The predicted octanol–water partition coefficient (Wildman–Crippen LogP) is 5.65. The third kappa shape index (κ3) is 7.19.